The highest BCUT2D eigenvalue weighted by Crippen LogP contribution is 2.23. The first-order chi connectivity index (χ1) is 10.6. The molecule has 0 aliphatic carbocycles. The molecular formula is C16H19NO5. The van der Waals surface area contributed by atoms with Gasteiger partial charge in [0.25, 0.3) is 5.91 Å². The molecule has 0 unspecified atom stereocenters. The van der Waals surface area contributed by atoms with Crippen molar-refractivity contribution in [3.63, 3.8) is 0 Å². The van der Waals surface area contributed by atoms with E-state index in [2.05, 4.69) is 5.32 Å². The van der Waals surface area contributed by atoms with E-state index in [0.29, 0.717) is 12.4 Å². The lowest BCUT2D eigenvalue weighted by molar-refractivity contribution is -0.152. The van der Waals surface area contributed by atoms with Crippen molar-refractivity contribution in [3.8, 4) is 0 Å². The molecule has 2 rings (SSSR count). The first kappa shape index (κ1) is 16.0. The Morgan fingerprint density at radius 1 is 1.27 bits per heavy atom. The molecule has 0 aliphatic rings. The van der Waals surface area contributed by atoms with Gasteiger partial charge in [0.1, 0.15) is 18.0 Å². The lowest BCUT2D eigenvalue weighted by Crippen LogP contribution is -2.31. The smallest absolute Gasteiger partial charge is 0.332 e. The molecule has 0 radical (unpaired) electrons. The van der Waals surface area contributed by atoms with Gasteiger partial charge in [-0.3, -0.25) is 4.79 Å². The normalized spacial score (nSPS) is 12.1. The number of rotatable bonds is 7. The first-order valence-electron chi connectivity index (χ1n) is 7.11. The second-order valence-electron chi connectivity index (χ2n) is 4.77. The third kappa shape index (κ3) is 4.33. The number of hydrogen-bond acceptors (Lipinski definition) is 5. The molecule has 1 aromatic carbocycles. The van der Waals surface area contributed by atoms with Gasteiger partial charge in [-0.05, 0) is 26.0 Å². The SMILES string of the molecule is CCOCC(=O)OCC(=O)N[C@@H](C)c1cc2ccccc2o1. The van der Waals surface area contributed by atoms with E-state index >= 15 is 0 Å². The number of nitrogens with one attached hydrogen (secondary N) is 1. The van der Waals surface area contributed by atoms with Gasteiger partial charge in [0.05, 0.1) is 6.04 Å². The molecular weight excluding hydrogens is 286 g/mol. The van der Waals surface area contributed by atoms with Crippen molar-refractivity contribution in [2.75, 3.05) is 19.8 Å². The van der Waals surface area contributed by atoms with Crippen molar-refractivity contribution in [2.24, 2.45) is 0 Å². The van der Waals surface area contributed by atoms with Crippen molar-refractivity contribution in [1.29, 1.82) is 0 Å². The molecule has 0 bridgehead atoms. The molecule has 6 heteroatoms. The molecule has 0 spiro atoms. The minimum absolute atomic E-state index is 0.150. The van der Waals surface area contributed by atoms with Gasteiger partial charge in [-0.2, -0.15) is 0 Å². The van der Waals surface area contributed by atoms with Crippen molar-refractivity contribution < 1.29 is 23.5 Å². The van der Waals surface area contributed by atoms with E-state index < -0.39 is 11.9 Å². The Labute approximate surface area is 128 Å². The molecule has 0 fully saturated rings. The van der Waals surface area contributed by atoms with Gasteiger partial charge in [0.15, 0.2) is 6.61 Å². The third-order valence-electron chi connectivity index (χ3n) is 3.04. The second-order valence-corrected chi connectivity index (χ2v) is 4.77. The summed E-state index contributed by atoms with van der Waals surface area (Å²) in [4.78, 5) is 23.0. The lowest BCUT2D eigenvalue weighted by Gasteiger charge is -2.11. The standard InChI is InChI=1S/C16H19NO5/c1-3-20-10-16(19)21-9-15(18)17-11(2)14-8-12-6-4-5-7-13(12)22-14/h4-8,11H,3,9-10H2,1-2H3,(H,17,18)/t11-/m0/s1. The second kappa shape index (κ2) is 7.61. The summed E-state index contributed by atoms with van der Waals surface area (Å²) in [6.45, 7) is 3.51. The Morgan fingerprint density at radius 3 is 2.77 bits per heavy atom. The van der Waals surface area contributed by atoms with Crippen LogP contribution >= 0.6 is 0 Å². The van der Waals surface area contributed by atoms with Crippen LogP contribution in [-0.4, -0.2) is 31.7 Å². The number of furan rings is 1. The average Bonchev–Trinajstić information content (AvgIpc) is 2.95. The van der Waals surface area contributed by atoms with Crippen LogP contribution < -0.4 is 5.32 Å². The maximum atomic E-state index is 11.7. The van der Waals surface area contributed by atoms with E-state index in [9.17, 15) is 9.59 Å². The number of ether oxygens (including phenoxy) is 2. The summed E-state index contributed by atoms with van der Waals surface area (Å²) in [5, 5.41) is 3.69. The van der Waals surface area contributed by atoms with E-state index in [4.69, 9.17) is 13.9 Å². The Kier molecular flexibility index (Phi) is 5.55. The summed E-state index contributed by atoms with van der Waals surface area (Å²) >= 11 is 0. The Hall–Kier alpha value is -2.34. The van der Waals surface area contributed by atoms with Crippen molar-refractivity contribution in [2.45, 2.75) is 19.9 Å². The van der Waals surface area contributed by atoms with Gasteiger partial charge in [-0.1, -0.05) is 18.2 Å². The van der Waals surface area contributed by atoms with Gasteiger partial charge in [-0.25, -0.2) is 4.79 Å². The minimum Gasteiger partial charge on any atom is -0.459 e. The Balaban J connectivity index is 1.84. The number of benzene rings is 1. The van der Waals surface area contributed by atoms with Crippen molar-refractivity contribution in [1.82, 2.24) is 5.32 Å². The molecule has 0 saturated carbocycles. The summed E-state index contributed by atoms with van der Waals surface area (Å²) in [6, 6.07) is 9.17. The number of carbonyl (C=O) groups is 2. The molecule has 1 aromatic heterocycles. The van der Waals surface area contributed by atoms with Crippen LogP contribution in [0.1, 0.15) is 25.6 Å². The minimum atomic E-state index is -0.562. The molecule has 1 atom stereocenters. The quantitative estimate of drug-likeness (QED) is 0.793. The maximum Gasteiger partial charge on any atom is 0.332 e. The van der Waals surface area contributed by atoms with Crippen LogP contribution in [0.4, 0.5) is 0 Å². The zero-order valence-electron chi connectivity index (χ0n) is 12.6. The summed E-state index contributed by atoms with van der Waals surface area (Å²) in [5.74, 6) is -0.304. The zero-order chi connectivity index (χ0) is 15.9. The number of esters is 1. The van der Waals surface area contributed by atoms with Crippen molar-refractivity contribution >= 4 is 22.8 Å². The highest BCUT2D eigenvalue weighted by molar-refractivity contribution is 5.81. The van der Waals surface area contributed by atoms with Gasteiger partial charge in [0, 0.05) is 12.0 Å². The first-order valence-corrected chi connectivity index (χ1v) is 7.11. The fourth-order valence-corrected chi connectivity index (χ4v) is 1.94. The molecule has 0 aliphatic heterocycles. The van der Waals surface area contributed by atoms with E-state index in [1.165, 1.54) is 0 Å². The Morgan fingerprint density at radius 2 is 2.05 bits per heavy atom. The highest BCUT2D eigenvalue weighted by atomic mass is 16.6. The van der Waals surface area contributed by atoms with Crippen LogP contribution in [0.2, 0.25) is 0 Å². The van der Waals surface area contributed by atoms with Crippen LogP contribution in [0.15, 0.2) is 34.7 Å². The molecule has 6 nitrogen and oxygen atoms in total. The van der Waals surface area contributed by atoms with Crippen molar-refractivity contribution in [3.05, 3.63) is 36.1 Å². The number of para-hydroxylation sites is 1. The number of carbonyl (C=O) groups excluding carboxylic acids is 2. The van der Waals surface area contributed by atoms with Crippen LogP contribution in [0, 0.1) is 0 Å². The molecule has 1 N–H and O–H groups in total. The van der Waals surface area contributed by atoms with Gasteiger partial charge >= 0.3 is 5.97 Å². The number of hydrogen-bond donors (Lipinski definition) is 1. The summed E-state index contributed by atoms with van der Waals surface area (Å²) in [5.41, 5.74) is 0.766. The van der Waals surface area contributed by atoms with Gasteiger partial charge < -0.3 is 19.2 Å². The van der Waals surface area contributed by atoms with E-state index in [-0.39, 0.29) is 19.3 Å². The molecule has 1 heterocycles. The topological polar surface area (TPSA) is 77.8 Å². The average molecular weight is 305 g/mol. The van der Waals surface area contributed by atoms with Crippen LogP contribution in [-0.2, 0) is 19.1 Å². The molecule has 1 amide bonds. The number of amides is 1. The largest absolute Gasteiger partial charge is 0.459 e. The predicted molar refractivity (Wildman–Crippen MR) is 80.2 cm³/mol. The Bertz CT molecular complexity index is 616. The maximum absolute atomic E-state index is 11.7. The predicted octanol–water partition coefficient (Wildman–Crippen LogP) is 2.19. The molecule has 118 valence electrons. The highest BCUT2D eigenvalue weighted by Gasteiger charge is 2.15. The van der Waals surface area contributed by atoms with Crippen LogP contribution in [0.5, 0.6) is 0 Å². The summed E-state index contributed by atoms with van der Waals surface area (Å²) in [7, 11) is 0. The monoisotopic (exact) mass is 305 g/mol. The fourth-order valence-electron chi connectivity index (χ4n) is 1.94. The van der Waals surface area contributed by atoms with E-state index in [1.807, 2.05) is 30.3 Å². The third-order valence-corrected chi connectivity index (χ3v) is 3.04. The summed E-state index contributed by atoms with van der Waals surface area (Å²) in [6.07, 6.45) is 0. The van der Waals surface area contributed by atoms with E-state index in [0.717, 1.165) is 11.0 Å². The van der Waals surface area contributed by atoms with E-state index in [1.54, 1.807) is 13.8 Å². The van der Waals surface area contributed by atoms with Crippen LogP contribution in [0.25, 0.3) is 11.0 Å². The lowest BCUT2D eigenvalue weighted by atomic mass is 10.2. The summed E-state index contributed by atoms with van der Waals surface area (Å²) < 4.78 is 15.4. The molecule has 22 heavy (non-hydrogen) atoms. The zero-order valence-corrected chi connectivity index (χ0v) is 12.6. The van der Waals surface area contributed by atoms with Gasteiger partial charge in [-0.15, -0.1) is 0 Å². The van der Waals surface area contributed by atoms with Gasteiger partial charge in [0.2, 0.25) is 0 Å². The molecule has 2 aromatic rings. The van der Waals surface area contributed by atoms with Crippen LogP contribution in [0.3, 0.4) is 0 Å². The number of fused-ring (bicyclic) bond motifs is 1. The fraction of sp³-hybridized carbons (Fsp3) is 0.375. The molecule has 0 saturated heterocycles.